The van der Waals surface area contributed by atoms with E-state index < -0.39 is 23.1 Å². The Hall–Kier alpha value is -4.84. The van der Waals surface area contributed by atoms with Gasteiger partial charge in [-0.3, -0.25) is 10.2 Å². The van der Waals surface area contributed by atoms with Crippen molar-refractivity contribution in [2.24, 2.45) is 0 Å². The van der Waals surface area contributed by atoms with E-state index >= 15 is 0 Å². The summed E-state index contributed by atoms with van der Waals surface area (Å²) in [6.07, 6.45) is 1.77. The number of likely N-dealkylation sites (N-methyl/N-ethyl adjacent to an activating group) is 1. The van der Waals surface area contributed by atoms with Gasteiger partial charge in [-0.15, -0.1) is 0 Å². The van der Waals surface area contributed by atoms with Crippen molar-refractivity contribution in [2.45, 2.75) is 44.8 Å². The zero-order valence-corrected chi connectivity index (χ0v) is 29.4. The number of halogens is 2. The molecule has 2 aliphatic heterocycles. The molecule has 11 heteroatoms. The lowest BCUT2D eigenvalue weighted by Crippen LogP contribution is -2.44. The number of nitrogens with zero attached hydrogens (tertiary/aromatic N) is 2. The van der Waals surface area contributed by atoms with Crippen molar-refractivity contribution in [3.05, 3.63) is 112 Å². The Morgan fingerprint density at radius 3 is 2.25 bits per heavy atom. The zero-order chi connectivity index (χ0) is 36.3. The van der Waals surface area contributed by atoms with Crippen LogP contribution in [0.2, 0.25) is 0 Å². The molecule has 0 atom stereocenters. The summed E-state index contributed by atoms with van der Waals surface area (Å²) in [5.41, 5.74) is 11.4. The molecule has 6 N–H and O–H groups in total. The van der Waals surface area contributed by atoms with Gasteiger partial charge in [0, 0.05) is 74.1 Å². The number of amidine groups is 1. The second-order valence-corrected chi connectivity index (χ2v) is 14.1. The van der Waals surface area contributed by atoms with E-state index in [0.29, 0.717) is 41.2 Å². The van der Waals surface area contributed by atoms with Crippen LogP contribution in [0.25, 0.3) is 11.1 Å². The number of nitrogen functional groups attached to an aromatic ring is 1. The van der Waals surface area contributed by atoms with Crippen LogP contribution in [-0.2, 0) is 16.8 Å². The molecule has 4 aromatic carbocycles. The Morgan fingerprint density at radius 2 is 1.61 bits per heavy atom. The van der Waals surface area contributed by atoms with Crippen LogP contribution in [0.5, 0.6) is 0 Å². The summed E-state index contributed by atoms with van der Waals surface area (Å²) in [5, 5.41) is 25.8. The molecule has 9 nitrogen and oxygen atoms in total. The predicted octanol–water partition coefficient (Wildman–Crippen LogP) is 6.13. The molecule has 1 amide bonds. The Kier molecular flexibility index (Phi) is 10.7. The molecule has 2 aliphatic rings. The van der Waals surface area contributed by atoms with Gasteiger partial charge in [-0.2, -0.15) is 0 Å². The molecule has 2 heterocycles. The van der Waals surface area contributed by atoms with Crippen LogP contribution in [0.3, 0.4) is 0 Å². The minimum absolute atomic E-state index is 0.138. The van der Waals surface area contributed by atoms with E-state index in [1.165, 1.54) is 12.1 Å². The highest BCUT2D eigenvalue weighted by molar-refractivity contribution is 6.15. The second kappa shape index (κ2) is 15.2. The highest BCUT2D eigenvalue weighted by Crippen LogP contribution is 2.33. The number of hydrogen-bond donors (Lipinski definition) is 5. The number of piperazine rings is 1. The summed E-state index contributed by atoms with van der Waals surface area (Å²) >= 11 is 0. The molecule has 0 bridgehead atoms. The van der Waals surface area contributed by atoms with Gasteiger partial charge in [-0.05, 0) is 110 Å². The first-order valence-electron chi connectivity index (χ1n) is 17.4. The zero-order valence-electron chi connectivity index (χ0n) is 29.4. The van der Waals surface area contributed by atoms with E-state index in [4.69, 9.17) is 15.9 Å². The van der Waals surface area contributed by atoms with Crippen LogP contribution in [0.4, 0.5) is 25.8 Å². The highest BCUT2D eigenvalue weighted by atomic mass is 19.1. The van der Waals surface area contributed by atoms with E-state index in [0.717, 1.165) is 61.9 Å². The van der Waals surface area contributed by atoms with Gasteiger partial charge in [0.1, 0.15) is 17.5 Å². The maximum absolute atomic E-state index is 14.2. The van der Waals surface area contributed by atoms with Gasteiger partial charge in [0.25, 0.3) is 5.91 Å². The van der Waals surface area contributed by atoms with Crippen molar-refractivity contribution in [2.75, 3.05) is 62.4 Å². The molecule has 6 rings (SSSR count). The standard InChI is InChI=1S/C40H46F2N6O3/c1-40(2,50)28-6-4-26(5-7-28)34-24-36(43)35(21-27(34)18-25-19-29(41)22-30(42)20-25)38(44)46-39(49)33-9-8-32(48-14-12-47(3)13-15-48)23-37(33)45-31-10-16-51-17-11-31/h4-9,19-24,31,45,50H,10-18,43H2,1-3H3,(H2,44,46,49). The minimum Gasteiger partial charge on any atom is -0.398 e. The predicted molar refractivity (Wildman–Crippen MR) is 199 cm³/mol. The lowest BCUT2D eigenvalue weighted by atomic mass is 9.90. The van der Waals surface area contributed by atoms with Gasteiger partial charge in [0.15, 0.2) is 0 Å². The molecular formula is C40H46F2N6O3. The van der Waals surface area contributed by atoms with Crippen LogP contribution in [0.1, 0.15) is 59.3 Å². The van der Waals surface area contributed by atoms with E-state index in [-0.39, 0.29) is 29.5 Å². The molecular weight excluding hydrogens is 650 g/mol. The first kappa shape index (κ1) is 36.0. The first-order chi connectivity index (χ1) is 24.3. The SMILES string of the molecule is CN1CCN(c2ccc(C(=O)NC(=N)c3cc(Cc4cc(F)cc(F)c4)c(-c4ccc(C(C)(C)O)cc4)cc3N)c(NC3CCOCC3)c2)CC1. The molecule has 51 heavy (non-hydrogen) atoms. The van der Waals surface area contributed by atoms with Gasteiger partial charge in [0.05, 0.1) is 11.2 Å². The smallest absolute Gasteiger partial charge is 0.258 e. The Balaban J connectivity index is 1.31. The molecule has 4 aromatic rings. The molecule has 0 aromatic heterocycles. The Morgan fingerprint density at radius 1 is 0.941 bits per heavy atom. The Bertz CT molecular complexity index is 1880. The molecule has 2 saturated heterocycles. The van der Waals surface area contributed by atoms with Crippen LogP contribution in [0, 0.1) is 17.0 Å². The topological polar surface area (TPSA) is 127 Å². The van der Waals surface area contributed by atoms with Crippen LogP contribution >= 0.6 is 0 Å². The quantitative estimate of drug-likeness (QED) is 0.0810. The third kappa shape index (κ3) is 8.73. The van der Waals surface area contributed by atoms with E-state index in [2.05, 4.69) is 27.5 Å². The average molecular weight is 697 g/mol. The van der Waals surface area contributed by atoms with Crippen molar-refractivity contribution in [1.82, 2.24) is 10.2 Å². The number of nitrogens with two attached hydrogens (primary N) is 1. The summed E-state index contributed by atoms with van der Waals surface area (Å²) in [6, 6.07) is 20.0. The summed E-state index contributed by atoms with van der Waals surface area (Å²) in [5.74, 6) is -2.05. The normalized spacial score (nSPS) is 15.8. The monoisotopic (exact) mass is 696 g/mol. The number of amides is 1. The maximum atomic E-state index is 14.2. The van der Waals surface area contributed by atoms with Gasteiger partial charge in [-0.25, -0.2) is 8.78 Å². The molecule has 0 spiro atoms. The van der Waals surface area contributed by atoms with E-state index in [1.807, 2.05) is 36.4 Å². The number of anilines is 3. The lowest BCUT2D eigenvalue weighted by molar-refractivity contribution is 0.0786. The van der Waals surface area contributed by atoms with Crippen molar-refractivity contribution in [3.8, 4) is 11.1 Å². The highest BCUT2D eigenvalue weighted by Gasteiger charge is 2.23. The summed E-state index contributed by atoms with van der Waals surface area (Å²) in [4.78, 5) is 18.5. The molecule has 0 unspecified atom stereocenters. The summed E-state index contributed by atoms with van der Waals surface area (Å²) in [7, 11) is 2.11. The molecule has 268 valence electrons. The van der Waals surface area contributed by atoms with Crippen LogP contribution < -0.4 is 21.3 Å². The van der Waals surface area contributed by atoms with Gasteiger partial charge >= 0.3 is 0 Å². The van der Waals surface area contributed by atoms with Gasteiger partial charge < -0.3 is 36.0 Å². The maximum Gasteiger partial charge on any atom is 0.258 e. The number of carbonyl (C=O) groups excluding carboxylic acids is 1. The molecule has 0 radical (unpaired) electrons. The van der Waals surface area contributed by atoms with E-state index in [1.54, 1.807) is 32.0 Å². The number of ether oxygens (including phenoxy) is 1. The fourth-order valence-corrected chi connectivity index (χ4v) is 6.70. The third-order valence-electron chi connectivity index (χ3n) is 9.70. The van der Waals surface area contributed by atoms with Crippen molar-refractivity contribution in [1.29, 1.82) is 5.41 Å². The fourth-order valence-electron chi connectivity index (χ4n) is 6.70. The Labute approximate surface area is 297 Å². The van der Waals surface area contributed by atoms with Crippen molar-refractivity contribution >= 4 is 28.8 Å². The first-order valence-corrected chi connectivity index (χ1v) is 17.4. The lowest BCUT2D eigenvalue weighted by Gasteiger charge is -2.34. The van der Waals surface area contributed by atoms with Crippen LogP contribution in [-0.4, -0.2) is 74.2 Å². The second-order valence-electron chi connectivity index (χ2n) is 14.1. The van der Waals surface area contributed by atoms with Crippen molar-refractivity contribution in [3.63, 3.8) is 0 Å². The van der Waals surface area contributed by atoms with E-state index in [9.17, 15) is 18.7 Å². The third-order valence-corrected chi connectivity index (χ3v) is 9.70. The number of carbonyl (C=O) groups is 1. The summed E-state index contributed by atoms with van der Waals surface area (Å²) in [6.45, 7) is 8.35. The molecule has 0 aliphatic carbocycles. The number of nitrogens with one attached hydrogen (secondary N) is 3. The summed E-state index contributed by atoms with van der Waals surface area (Å²) < 4.78 is 34.0. The number of rotatable bonds is 9. The largest absolute Gasteiger partial charge is 0.398 e. The van der Waals surface area contributed by atoms with Gasteiger partial charge in [-0.1, -0.05) is 24.3 Å². The van der Waals surface area contributed by atoms with Crippen LogP contribution in [0.15, 0.2) is 72.8 Å². The number of aliphatic hydroxyl groups is 1. The van der Waals surface area contributed by atoms with Gasteiger partial charge in [0.2, 0.25) is 0 Å². The fraction of sp³-hybridized carbons (Fsp3) is 0.350. The number of hydrogen-bond acceptors (Lipinski definition) is 8. The molecule has 2 fully saturated rings. The average Bonchev–Trinajstić information content (AvgIpc) is 3.09. The number of benzene rings is 4. The molecule has 0 saturated carbocycles. The van der Waals surface area contributed by atoms with Crippen molar-refractivity contribution < 1.29 is 23.4 Å². The minimum atomic E-state index is -1.04.